The average molecular weight is 316 g/mol. The summed E-state index contributed by atoms with van der Waals surface area (Å²) in [6.45, 7) is 1.40. The molecule has 1 heterocycles. The minimum atomic E-state index is 0.0386. The number of ether oxygens (including phenoxy) is 2. The first kappa shape index (κ1) is 13.9. The molecule has 0 radical (unpaired) electrons. The molecule has 2 aromatic carbocycles. The van der Waals surface area contributed by atoms with Gasteiger partial charge in [0.25, 0.3) is 0 Å². The van der Waals surface area contributed by atoms with Gasteiger partial charge in [-0.25, -0.2) is 0 Å². The second kappa shape index (κ2) is 5.82. The largest absolute Gasteiger partial charge is 0.486 e. The normalized spacial score (nSPS) is 20.0. The van der Waals surface area contributed by atoms with Crippen LogP contribution in [0.1, 0.15) is 12.8 Å². The van der Waals surface area contributed by atoms with Crippen LogP contribution >= 0.6 is 11.6 Å². The molecule has 1 fully saturated rings. The summed E-state index contributed by atoms with van der Waals surface area (Å²) in [5.41, 5.74) is 1.96. The Morgan fingerprint density at radius 1 is 1.05 bits per heavy atom. The number of fused-ring (bicyclic) bond motifs is 1. The van der Waals surface area contributed by atoms with Crippen molar-refractivity contribution in [3.05, 3.63) is 47.5 Å². The van der Waals surface area contributed by atoms with Crippen molar-refractivity contribution in [2.75, 3.05) is 13.2 Å². The maximum Gasteiger partial charge on any atom is 0.169 e. The molecule has 114 valence electrons. The van der Waals surface area contributed by atoms with Crippen LogP contribution in [0.4, 0.5) is 0 Å². The van der Waals surface area contributed by atoms with E-state index in [2.05, 4.69) is 5.32 Å². The molecule has 4 heteroatoms. The van der Waals surface area contributed by atoms with Crippen molar-refractivity contribution in [2.24, 2.45) is 0 Å². The number of benzene rings is 2. The van der Waals surface area contributed by atoms with E-state index >= 15 is 0 Å². The molecule has 1 N–H and O–H groups in total. The summed E-state index contributed by atoms with van der Waals surface area (Å²) < 4.78 is 12.1. The molecular formula is C18H18ClNO2. The van der Waals surface area contributed by atoms with E-state index < -0.39 is 0 Å². The summed E-state index contributed by atoms with van der Waals surface area (Å²) in [7, 11) is 0. The highest BCUT2D eigenvalue weighted by Crippen LogP contribution is 2.42. The van der Waals surface area contributed by atoms with Crippen LogP contribution in [-0.4, -0.2) is 25.3 Å². The summed E-state index contributed by atoms with van der Waals surface area (Å²) >= 11 is 6.34. The highest BCUT2D eigenvalue weighted by Gasteiger charge is 2.27. The van der Waals surface area contributed by atoms with E-state index in [-0.39, 0.29) is 6.10 Å². The van der Waals surface area contributed by atoms with Crippen LogP contribution in [0.25, 0.3) is 11.1 Å². The highest BCUT2D eigenvalue weighted by molar-refractivity contribution is 6.33. The van der Waals surface area contributed by atoms with Gasteiger partial charge in [-0.1, -0.05) is 41.9 Å². The van der Waals surface area contributed by atoms with Crippen molar-refractivity contribution in [2.45, 2.75) is 25.0 Å². The topological polar surface area (TPSA) is 30.5 Å². The molecule has 2 aromatic rings. The van der Waals surface area contributed by atoms with Crippen molar-refractivity contribution in [1.29, 1.82) is 0 Å². The quantitative estimate of drug-likeness (QED) is 0.928. The van der Waals surface area contributed by atoms with Crippen LogP contribution in [0.3, 0.4) is 0 Å². The third kappa shape index (κ3) is 2.79. The maximum absolute atomic E-state index is 6.34. The SMILES string of the molecule is Clc1ccccc1-c1cccc2c1OC(CNC1CC1)CO2. The third-order valence-corrected chi connectivity index (χ3v) is 4.39. The van der Waals surface area contributed by atoms with Crippen LogP contribution in [0.5, 0.6) is 11.5 Å². The first-order valence-corrected chi connectivity index (χ1v) is 8.10. The molecule has 0 aromatic heterocycles. The number of rotatable bonds is 4. The van der Waals surface area contributed by atoms with Gasteiger partial charge in [-0.3, -0.25) is 0 Å². The monoisotopic (exact) mass is 315 g/mol. The Morgan fingerprint density at radius 3 is 2.68 bits per heavy atom. The number of halogens is 1. The number of nitrogens with one attached hydrogen (secondary N) is 1. The van der Waals surface area contributed by atoms with E-state index in [9.17, 15) is 0 Å². The predicted molar refractivity (Wildman–Crippen MR) is 87.8 cm³/mol. The fourth-order valence-electron chi connectivity index (χ4n) is 2.71. The average Bonchev–Trinajstić information content (AvgIpc) is 3.37. The zero-order valence-corrected chi connectivity index (χ0v) is 13.0. The van der Waals surface area contributed by atoms with Crippen LogP contribution in [-0.2, 0) is 0 Å². The van der Waals surface area contributed by atoms with E-state index in [1.165, 1.54) is 12.8 Å². The fourth-order valence-corrected chi connectivity index (χ4v) is 2.95. The minimum Gasteiger partial charge on any atom is -0.486 e. The molecule has 3 nitrogen and oxygen atoms in total. The summed E-state index contributed by atoms with van der Waals surface area (Å²) in [5.74, 6) is 1.59. The summed E-state index contributed by atoms with van der Waals surface area (Å²) in [4.78, 5) is 0. The zero-order valence-electron chi connectivity index (χ0n) is 12.2. The third-order valence-electron chi connectivity index (χ3n) is 4.06. The molecule has 4 rings (SSSR count). The van der Waals surface area contributed by atoms with Gasteiger partial charge in [-0.05, 0) is 25.0 Å². The first-order valence-electron chi connectivity index (χ1n) is 7.72. The van der Waals surface area contributed by atoms with Gasteiger partial charge >= 0.3 is 0 Å². The molecule has 22 heavy (non-hydrogen) atoms. The second-order valence-electron chi connectivity index (χ2n) is 5.85. The van der Waals surface area contributed by atoms with Crippen molar-refractivity contribution < 1.29 is 9.47 Å². The van der Waals surface area contributed by atoms with Crippen LogP contribution < -0.4 is 14.8 Å². The van der Waals surface area contributed by atoms with E-state index in [0.29, 0.717) is 12.6 Å². The Morgan fingerprint density at radius 2 is 1.86 bits per heavy atom. The standard InChI is InChI=1S/C18H18ClNO2/c19-16-6-2-1-4-14(16)15-5-3-7-17-18(15)22-13(11-21-17)10-20-12-8-9-12/h1-7,12-13,20H,8-11H2. The van der Waals surface area contributed by atoms with Gasteiger partial charge in [0.05, 0.1) is 0 Å². The highest BCUT2D eigenvalue weighted by atomic mass is 35.5. The predicted octanol–water partition coefficient (Wildman–Crippen LogP) is 3.90. The lowest BCUT2D eigenvalue weighted by Crippen LogP contribution is -2.39. The van der Waals surface area contributed by atoms with E-state index in [1.807, 2.05) is 42.5 Å². The van der Waals surface area contributed by atoms with E-state index in [1.54, 1.807) is 0 Å². The fraction of sp³-hybridized carbons (Fsp3) is 0.333. The van der Waals surface area contributed by atoms with E-state index in [0.717, 1.165) is 34.2 Å². The molecule has 1 aliphatic heterocycles. The van der Waals surface area contributed by atoms with Gasteiger partial charge in [-0.15, -0.1) is 0 Å². The van der Waals surface area contributed by atoms with Gasteiger partial charge in [0.1, 0.15) is 12.7 Å². The number of hydrogen-bond acceptors (Lipinski definition) is 3. The lowest BCUT2D eigenvalue weighted by molar-refractivity contribution is 0.0909. The zero-order chi connectivity index (χ0) is 14.9. The molecule has 1 aliphatic carbocycles. The van der Waals surface area contributed by atoms with Gasteiger partial charge in [0.15, 0.2) is 11.5 Å². The molecule has 0 saturated heterocycles. The summed E-state index contributed by atoms with van der Waals surface area (Å²) in [5, 5.41) is 4.22. The van der Waals surface area contributed by atoms with Crippen LogP contribution in [0.15, 0.2) is 42.5 Å². The van der Waals surface area contributed by atoms with Crippen molar-refractivity contribution in [3.63, 3.8) is 0 Å². The Balaban J connectivity index is 1.63. The summed E-state index contributed by atoms with van der Waals surface area (Å²) in [6, 6.07) is 14.4. The molecule has 0 bridgehead atoms. The van der Waals surface area contributed by atoms with Gasteiger partial charge in [0.2, 0.25) is 0 Å². The molecular weight excluding hydrogens is 298 g/mol. The molecule has 0 amide bonds. The van der Waals surface area contributed by atoms with Crippen molar-refractivity contribution in [1.82, 2.24) is 5.32 Å². The minimum absolute atomic E-state index is 0.0386. The Bertz CT molecular complexity index is 685. The van der Waals surface area contributed by atoms with Crippen molar-refractivity contribution in [3.8, 4) is 22.6 Å². The smallest absolute Gasteiger partial charge is 0.169 e. The van der Waals surface area contributed by atoms with Gasteiger partial charge in [-0.2, -0.15) is 0 Å². The molecule has 2 aliphatic rings. The maximum atomic E-state index is 6.34. The Labute approximate surface area is 135 Å². The van der Waals surface area contributed by atoms with Crippen LogP contribution in [0.2, 0.25) is 5.02 Å². The molecule has 0 spiro atoms. The van der Waals surface area contributed by atoms with Gasteiger partial charge < -0.3 is 14.8 Å². The van der Waals surface area contributed by atoms with Gasteiger partial charge in [0, 0.05) is 28.7 Å². The lowest BCUT2D eigenvalue weighted by Gasteiger charge is -2.28. The number of hydrogen-bond donors (Lipinski definition) is 1. The van der Waals surface area contributed by atoms with E-state index in [4.69, 9.17) is 21.1 Å². The second-order valence-corrected chi connectivity index (χ2v) is 6.25. The lowest BCUT2D eigenvalue weighted by atomic mass is 10.0. The van der Waals surface area contributed by atoms with Crippen LogP contribution in [0, 0.1) is 0 Å². The molecule has 1 saturated carbocycles. The van der Waals surface area contributed by atoms with Crippen molar-refractivity contribution >= 4 is 11.6 Å². The molecule has 1 atom stereocenters. The summed E-state index contributed by atoms with van der Waals surface area (Å²) in [6.07, 6.45) is 2.58. The molecule has 1 unspecified atom stereocenters. The Kier molecular flexibility index (Phi) is 3.68. The Hall–Kier alpha value is -1.71. The first-order chi connectivity index (χ1) is 10.8. The number of para-hydroxylation sites is 1.